The molecule has 1 aliphatic carbocycles. The Bertz CT molecular complexity index is 509. The van der Waals surface area contributed by atoms with Crippen molar-refractivity contribution in [3.63, 3.8) is 0 Å². The Morgan fingerprint density at radius 3 is 2.52 bits per heavy atom. The Kier molecular flexibility index (Phi) is 4.96. The van der Waals surface area contributed by atoms with Crippen LogP contribution in [0.4, 0.5) is 13.2 Å². The highest BCUT2D eigenvalue weighted by Crippen LogP contribution is 2.38. The highest BCUT2D eigenvalue weighted by atomic mass is 19.4. The van der Waals surface area contributed by atoms with Crippen molar-refractivity contribution in [1.29, 1.82) is 0 Å². The zero-order valence-corrected chi connectivity index (χ0v) is 13.4. The molecule has 0 unspecified atom stereocenters. The second-order valence-electron chi connectivity index (χ2n) is 6.77. The van der Waals surface area contributed by atoms with Crippen LogP contribution in [-0.2, 0) is 11.8 Å². The molecule has 2 atom stereocenters. The zero-order valence-electron chi connectivity index (χ0n) is 13.4. The summed E-state index contributed by atoms with van der Waals surface area (Å²) >= 11 is 0. The van der Waals surface area contributed by atoms with Gasteiger partial charge in [0.05, 0.1) is 24.1 Å². The number of aryl methyl sites for hydroxylation is 1. The second-order valence-corrected chi connectivity index (χ2v) is 6.77. The predicted molar refractivity (Wildman–Crippen MR) is 79.9 cm³/mol. The fraction of sp³-hybridized carbons (Fsp3) is 0.812. The van der Waals surface area contributed by atoms with Gasteiger partial charge in [0.2, 0.25) is 0 Å². The van der Waals surface area contributed by atoms with Crippen LogP contribution in [0.2, 0.25) is 0 Å². The fourth-order valence-corrected chi connectivity index (χ4v) is 3.75. The van der Waals surface area contributed by atoms with E-state index in [0.717, 1.165) is 18.5 Å². The summed E-state index contributed by atoms with van der Waals surface area (Å²) in [6.07, 6.45) is 3.03. The maximum atomic E-state index is 12.7. The van der Waals surface area contributed by atoms with Crippen molar-refractivity contribution in [2.75, 3.05) is 6.61 Å². The third-order valence-electron chi connectivity index (χ3n) is 5.13. The van der Waals surface area contributed by atoms with Crippen molar-refractivity contribution in [2.24, 2.45) is 13.0 Å². The highest BCUT2D eigenvalue weighted by Gasteiger charge is 2.41. The molecular formula is C16H24F3N3O. The SMILES string of the molecule is Cn1cncc1[C@@H]1C[C@H](NC2CCC(C(F)(F)F)CC2)CCO1. The molecule has 0 radical (unpaired) electrons. The van der Waals surface area contributed by atoms with E-state index in [1.807, 2.05) is 17.8 Å². The smallest absolute Gasteiger partial charge is 0.372 e. The zero-order chi connectivity index (χ0) is 16.4. The van der Waals surface area contributed by atoms with Gasteiger partial charge in [0, 0.05) is 25.7 Å². The minimum absolute atomic E-state index is 0.0141. The first-order chi connectivity index (χ1) is 10.9. The van der Waals surface area contributed by atoms with E-state index < -0.39 is 12.1 Å². The average molecular weight is 331 g/mol. The molecule has 0 amide bonds. The second kappa shape index (κ2) is 6.81. The van der Waals surface area contributed by atoms with Gasteiger partial charge in [-0.1, -0.05) is 0 Å². The highest BCUT2D eigenvalue weighted by molar-refractivity contribution is 5.04. The van der Waals surface area contributed by atoms with Gasteiger partial charge in [-0.15, -0.1) is 0 Å². The van der Waals surface area contributed by atoms with Gasteiger partial charge >= 0.3 is 6.18 Å². The van der Waals surface area contributed by atoms with Gasteiger partial charge in [-0.05, 0) is 38.5 Å². The van der Waals surface area contributed by atoms with Gasteiger partial charge in [0.15, 0.2) is 0 Å². The summed E-state index contributed by atoms with van der Waals surface area (Å²) in [4.78, 5) is 4.12. The number of hydrogen-bond acceptors (Lipinski definition) is 3. The number of hydrogen-bond donors (Lipinski definition) is 1. The lowest BCUT2D eigenvalue weighted by atomic mass is 9.85. The lowest BCUT2D eigenvalue weighted by Gasteiger charge is -2.36. The lowest BCUT2D eigenvalue weighted by molar-refractivity contribution is -0.182. The summed E-state index contributed by atoms with van der Waals surface area (Å²) in [5.41, 5.74) is 1.05. The summed E-state index contributed by atoms with van der Waals surface area (Å²) < 4.78 is 46.0. The molecule has 0 bridgehead atoms. The maximum Gasteiger partial charge on any atom is 0.391 e. The van der Waals surface area contributed by atoms with Crippen molar-refractivity contribution in [3.8, 4) is 0 Å². The van der Waals surface area contributed by atoms with E-state index in [1.54, 1.807) is 6.33 Å². The van der Waals surface area contributed by atoms with Crippen LogP contribution >= 0.6 is 0 Å². The Labute approximate surface area is 134 Å². The van der Waals surface area contributed by atoms with Gasteiger partial charge in [0.1, 0.15) is 6.10 Å². The minimum atomic E-state index is -4.03. The molecule has 1 aromatic rings. The monoisotopic (exact) mass is 331 g/mol. The fourth-order valence-electron chi connectivity index (χ4n) is 3.75. The molecule has 1 N–H and O–H groups in total. The Balaban J connectivity index is 1.50. The summed E-state index contributed by atoms with van der Waals surface area (Å²) in [5.74, 6) is -1.11. The van der Waals surface area contributed by atoms with Crippen molar-refractivity contribution in [2.45, 2.75) is 62.9 Å². The van der Waals surface area contributed by atoms with Crippen molar-refractivity contribution in [1.82, 2.24) is 14.9 Å². The number of halogens is 3. The minimum Gasteiger partial charge on any atom is -0.372 e. The predicted octanol–water partition coefficient (Wildman–Crippen LogP) is 3.35. The van der Waals surface area contributed by atoms with Crippen LogP contribution in [-0.4, -0.2) is 34.4 Å². The molecule has 1 aromatic heterocycles. The van der Waals surface area contributed by atoms with Crippen molar-refractivity contribution in [3.05, 3.63) is 18.2 Å². The number of ether oxygens (including phenoxy) is 1. The van der Waals surface area contributed by atoms with E-state index in [1.165, 1.54) is 0 Å². The summed E-state index contributed by atoms with van der Waals surface area (Å²) in [6.45, 7) is 0.672. The molecule has 2 heterocycles. The Hall–Kier alpha value is -1.08. The van der Waals surface area contributed by atoms with E-state index in [-0.39, 0.29) is 25.0 Å². The molecule has 2 aliphatic rings. The van der Waals surface area contributed by atoms with Gasteiger partial charge in [0.25, 0.3) is 0 Å². The summed E-state index contributed by atoms with van der Waals surface area (Å²) in [7, 11) is 1.95. The van der Waals surface area contributed by atoms with Crippen LogP contribution in [0.15, 0.2) is 12.5 Å². The van der Waals surface area contributed by atoms with Crippen LogP contribution in [0.25, 0.3) is 0 Å². The van der Waals surface area contributed by atoms with Crippen LogP contribution in [0.3, 0.4) is 0 Å². The number of nitrogens with one attached hydrogen (secondary N) is 1. The molecule has 1 saturated heterocycles. The maximum absolute atomic E-state index is 12.7. The number of nitrogens with zero attached hydrogens (tertiary/aromatic N) is 2. The molecule has 1 aliphatic heterocycles. The van der Waals surface area contributed by atoms with Crippen molar-refractivity contribution >= 4 is 0 Å². The molecule has 2 fully saturated rings. The van der Waals surface area contributed by atoms with E-state index >= 15 is 0 Å². The number of imidazole rings is 1. The Morgan fingerprint density at radius 1 is 1.17 bits per heavy atom. The van der Waals surface area contributed by atoms with Crippen molar-refractivity contribution < 1.29 is 17.9 Å². The summed E-state index contributed by atoms with van der Waals surface area (Å²) in [6, 6.07) is 0.500. The van der Waals surface area contributed by atoms with Gasteiger partial charge in [-0.3, -0.25) is 0 Å². The molecule has 7 heteroatoms. The van der Waals surface area contributed by atoms with E-state index in [0.29, 0.717) is 25.5 Å². The standard InChI is InChI=1S/C16H24F3N3O/c1-22-10-20-9-14(22)15-8-13(6-7-23-15)21-12-4-2-11(3-5-12)16(17,18)19/h9-13,15,21H,2-8H2,1H3/t11?,12?,13-,15+/m1/s1. The number of rotatable bonds is 3. The lowest BCUT2D eigenvalue weighted by Crippen LogP contribution is -2.45. The van der Waals surface area contributed by atoms with Crippen LogP contribution in [0.1, 0.15) is 50.3 Å². The molecule has 4 nitrogen and oxygen atoms in total. The van der Waals surface area contributed by atoms with Crippen LogP contribution in [0.5, 0.6) is 0 Å². The van der Waals surface area contributed by atoms with Crippen LogP contribution in [0, 0.1) is 5.92 Å². The largest absolute Gasteiger partial charge is 0.391 e. The Morgan fingerprint density at radius 2 is 1.91 bits per heavy atom. The molecule has 130 valence electrons. The van der Waals surface area contributed by atoms with Gasteiger partial charge < -0.3 is 14.6 Å². The first-order valence-electron chi connectivity index (χ1n) is 8.34. The van der Waals surface area contributed by atoms with E-state index in [2.05, 4.69) is 10.3 Å². The number of alkyl halides is 3. The van der Waals surface area contributed by atoms with E-state index in [9.17, 15) is 13.2 Å². The molecule has 23 heavy (non-hydrogen) atoms. The van der Waals surface area contributed by atoms with E-state index in [4.69, 9.17) is 4.74 Å². The molecule has 0 aromatic carbocycles. The summed E-state index contributed by atoms with van der Waals surface area (Å²) in [5, 5.41) is 3.56. The normalized spacial score (nSPS) is 32.9. The average Bonchev–Trinajstić information content (AvgIpc) is 2.93. The number of aromatic nitrogens is 2. The first kappa shape index (κ1) is 16.8. The van der Waals surface area contributed by atoms with Gasteiger partial charge in [-0.25, -0.2) is 4.98 Å². The molecule has 3 rings (SSSR count). The third-order valence-corrected chi connectivity index (χ3v) is 5.13. The van der Waals surface area contributed by atoms with Crippen LogP contribution < -0.4 is 5.32 Å². The first-order valence-corrected chi connectivity index (χ1v) is 8.34. The van der Waals surface area contributed by atoms with Gasteiger partial charge in [-0.2, -0.15) is 13.2 Å². The topological polar surface area (TPSA) is 39.1 Å². The third kappa shape index (κ3) is 4.07. The quantitative estimate of drug-likeness (QED) is 0.923. The molecular weight excluding hydrogens is 307 g/mol. The molecule has 1 saturated carbocycles. The molecule has 0 spiro atoms.